The second-order valence-electron chi connectivity index (χ2n) is 14.7. The summed E-state index contributed by atoms with van der Waals surface area (Å²) in [5.41, 5.74) is 2.42. The number of fused-ring (bicyclic) bond motifs is 2. The number of halogens is 1. The summed E-state index contributed by atoms with van der Waals surface area (Å²) in [7, 11) is -3.00. The number of hydrogen-bond donors (Lipinski definition) is 2. The number of carbonyl (C=O) groups is 3. The number of carbonyl (C=O) groups excluding carboxylic acids is 3. The van der Waals surface area contributed by atoms with Crippen LogP contribution in [0.1, 0.15) is 47.7 Å². The Labute approximate surface area is 297 Å². The molecule has 1 spiro atoms. The van der Waals surface area contributed by atoms with Crippen molar-refractivity contribution in [2.45, 2.75) is 69.1 Å². The van der Waals surface area contributed by atoms with Crippen molar-refractivity contribution >= 4 is 65.5 Å². The molecule has 4 heterocycles. The summed E-state index contributed by atoms with van der Waals surface area (Å²) in [5.74, 6) is -0.963. The molecule has 4 aliphatic rings. The number of aliphatic hydroxyl groups is 1. The molecule has 0 aromatic heterocycles. The number of anilines is 3. The maximum Gasteiger partial charge on any atom is 0.264 e. The first-order valence-electron chi connectivity index (χ1n) is 17.3. The SMILES string of the molecule is C[C@@H]1[C@@H]([Si](C)(C)O)[C@H](CC(=O)N2CCC[C@H]2CO)O[C@@]12C(=O)N(Cc1cccc(N3C(=O)c4cccc5cccc3c45)c1)c1ccc(Cl)cc12. The van der Waals surface area contributed by atoms with Crippen LogP contribution < -0.4 is 9.80 Å². The van der Waals surface area contributed by atoms with E-state index in [2.05, 4.69) is 0 Å². The lowest BCUT2D eigenvalue weighted by Gasteiger charge is -2.33. The zero-order valence-electron chi connectivity index (χ0n) is 28.3. The maximum atomic E-state index is 14.9. The molecule has 0 bridgehead atoms. The van der Waals surface area contributed by atoms with Crippen LogP contribution in [0.4, 0.5) is 17.1 Å². The van der Waals surface area contributed by atoms with Gasteiger partial charge in [-0.25, -0.2) is 0 Å². The molecule has 11 heteroatoms. The van der Waals surface area contributed by atoms with E-state index in [1.165, 1.54) is 0 Å². The highest BCUT2D eigenvalue weighted by molar-refractivity contribution is 6.71. The minimum Gasteiger partial charge on any atom is -0.432 e. The number of likely N-dealkylation sites (tertiary alicyclic amines) is 1. The lowest BCUT2D eigenvalue weighted by Crippen LogP contribution is -2.46. The molecule has 258 valence electrons. The minimum absolute atomic E-state index is 0.00841. The molecule has 2 N–H and O–H groups in total. The maximum absolute atomic E-state index is 14.9. The van der Waals surface area contributed by atoms with Crippen LogP contribution >= 0.6 is 11.6 Å². The Morgan fingerprint density at radius 1 is 1.02 bits per heavy atom. The summed E-state index contributed by atoms with van der Waals surface area (Å²) in [6.07, 6.45) is 0.872. The van der Waals surface area contributed by atoms with Crippen molar-refractivity contribution in [2.75, 3.05) is 23.0 Å². The Morgan fingerprint density at radius 3 is 2.54 bits per heavy atom. The topological polar surface area (TPSA) is 111 Å². The number of nitrogens with zero attached hydrogens (tertiary/aromatic N) is 3. The van der Waals surface area contributed by atoms with Gasteiger partial charge >= 0.3 is 0 Å². The minimum atomic E-state index is -3.00. The molecule has 2 saturated heterocycles. The van der Waals surface area contributed by atoms with Crippen molar-refractivity contribution in [1.82, 2.24) is 4.90 Å². The fourth-order valence-electron chi connectivity index (χ4n) is 9.20. The van der Waals surface area contributed by atoms with Gasteiger partial charge in [0.25, 0.3) is 11.8 Å². The van der Waals surface area contributed by atoms with Crippen LogP contribution in [0.25, 0.3) is 10.8 Å². The van der Waals surface area contributed by atoms with Gasteiger partial charge < -0.3 is 24.4 Å². The van der Waals surface area contributed by atoms with Crippen molar-refractivity contribution in [1.29, 1.82) is 0 Å². The van der Waals surface area contributed by atoms with Crippen LogP contribution in [-0.2, 0) is 26.5 Å². The molecule has 8 rings (SSSR count). The second-order valence-corrected chi connectivity index (χ2v) is 19.1. The quantitative estimate of drug-likeness (QED) is 0.212. The first-order chi connectivity index (χ1) is 23.9. The zero-order valence-corrected chi connectivity index (χ0v) is 30.1. The van der Waals surface area contributed by atoms with E-state index in [0.717, 1.165) is 34.9 Å². The average Bonchev–Trinajstić information content (AvgIpc) is 3.81. The summed E-state index contributed by atoms with van der Waals surface area (Å²) in [6.45, 7) is 6.28. The summed E-state index contributed by atoms with van der Waals surface area (Å²) < 4.78 is 6.87. The van der Waals surface area contributed by atoms with Crippen molar-refractivity contribution in [3.05, 3.63) is 101 Å². The molecule has 50 heavy (non-hydrogen) atoms. The van der Waals surface area contributed by atoms with Crippen LogP contribution in [0, 0.1) is 5.92 Å². The van der Waals surface area contributed by atoms with Gasteiger partial charge in [-0.05, 0) is 79.3 Å². The third-order valence-electron chi connectivity index (χ3n) is 11.3. The number of ether oxygens (including phenoxy) is 1. The summed E-state index contributed by atoms with van der Waals surface area (Å²) in [4.78, 5) is 59.1. The number of rotatable bonds is 7. The van der Waals surface area contributed by atoms with Crippen molar-refractivity contribution in [3.8, 4) is 0 Å². The second kappa shape index (κ2) is 12.0. The monoisotopic (exact) mass is 709 g/mol. The predicted molar refractivity (Wildman–Crippen MR) is 195 cm³/mol. The molecule has 0 radical (unpaired) electrons. The molecule has 0 aliphatic carbocycles. The molecule has 0 unspecified atom stereocenters. The summed E-state index contributed by atoms with van der Waals surface area (Å²) in [5, 5.41) is 12.3. The number of hydrogen-bond acceptors (Lipinski definition) is 6. The third-order valence-corrected chi connectivity index (χ3v) is 14.0. The van der Waals surface area contributed by atoms with Crippen molar-refractivity contribution in [3.63, 3.8) is 0 Å². The van der Waals surface area contributed by atoms with E-state index in [1.807, 2.05) is 86.7 Å². The lowest BCUT2D eigenvalue weighted by atomic mass is 9.82. The number of amides is 3. The van der Waals surface area contributed by atoms with E-state index in [1.54, 1.807) is 26.8 Å². The number of benzene rings is 4. The van der Waals surface area contributed by atoms with Gasteiger partial charge in [0, 0.05) is 39.7 Å². The van der Waals surface area contributed by atoms with Crippen molar-refractivity contribution in [2.24, 2.45) is 5.92 Å². The Morgan fingerprint density at radius 2 is 1.78 bits per heavy atom. The first-order valence-corrected chi connectivity index (χ1v) is 20.7. The van der Waals surface area contributed by atoms with Gasteiger partial charge in [-0.3, -0.25) is 19.3 Å². The molecule has 4 aliphatic heterocycles. The fourth-order valence-corrected chi connectivity index (χ4v) is 11.9. The lowest BCUT2D eigenvalue weighted by molar-refractivity contribution is -0.150. The highest BCUT2D eigenvalue weighted by Crippen LogP contribution is 2.60. The number of aliphatic hydroxyl groups excluding tert-OH is 1. The molecule has 4 aromatic rings. The van der Waals surface area contributed by atoms with E-state index in [9.17, 15) is 24.3 Å². The van der Waals surface area contributed by atoms with E-state index >= 15 is 0 Å². The smallest absolute Gasteiger partial charge is 0.264 e. The molecule has 2 fully saturated rings. The Hall–Kier alpha value is -4.06. The Bertz CT molecular complexity index is 2060. The first kappa shape index (κ1) is 33.1. The largest absolute Gasteiger partial charge is 0.432 e. The molecule has 0 saturated carbocycles. The Balaban J connectivity index is 1.14. The molecular formula is C39H40ClN3O6Si. The highest BCUT2D eigenvalue weighted by Gasteiger charge is 2.66. The van der Waals surface area contributed by atoms with Crippen LogP contribution in [0.3, 0.4) is 0 Å². The van der Waals surface area contributed by atoms with Gasteiger partial charge in [0.15, 0.2) is 13.9 Å². The molecular weight excluding hydrogens is 670 g/mol. The predicted octanol–water partition coefficient (Wildman–Crippen LogP) is 6.50. The van der Waals surface area contributed by atoms with Crippen LogP contribution in [0.2, 0.25) is 23.7 Å². The van der Waals surface area contributed by atoms with Gasteiger partial charge in [-0.2, -0.15) is 0 Å². The third kappa shape index (κ3) is 4.95. The summed E-state index contributed by atoms with van der Waals surface area (Å²) in [6, 6.07) is 24.5. The van der Waals surface area contributed by atoms with Gasteiger partial charge in [-0.1, -0.05) is 54.9 Å². The summed E-state index contributed by atoms with van der Waals surface area (Å²) >= 11 is 6.58. The Kier molecular flexibility index (Phi) is 7.96. The standard InChI is InChI=1S/C39H40ClN3O6Si/c1-23-36(50(2,3)48)33(20-34(45)41-17-7-12-28(41)22-44)49-39(23)30-19-26(40)15-16-31(30)42(38(39)47)21-24-8-4-11-27(18-24)43-32-14-6-10-25-9-5-13-29(35(25)32)37(43)46/h4-6,8-11,13-16,18-19,23,28,33,36,44,48H,7,12,17,20-22H2,1-3H3/t23-,28+,33+,36-,39+/m1/s1. The molecule has 5 atom stereocenters. The van der Waals surface area contributed by atoms with Crippen LogP contribution in [0.15, 0.2) is 78.9 Å². The normalized spacial score (nSPS) is 25.8. The molecule has 9 nitrogen and oxygen atoms in total. The van der Waals surface area contributed by atoms with Crippen LogP contribution in [0.5, 0.6) is 0 Å². The van der Waals surface area contributed by atoms with E-state index in [-0.39, 0.29) is 43.3 Å². The fraction of sp³-hybridized carbons (Fsp3) is 0.359. The van der Waals surface area contributed by atoms with E-state index in [0.29, 0.717) is 34.1 Å². The molecule has 4 aromatic carbocycles. The van der Waals surface area contributed by atoms with E-state index < -0.39 is 31.5 Å². The van der Waals surface area contributed by atoms with E-state index in [4.69, 9.17) is 16.3 Å². The van der Waals surface area contributed by atoms with Gasteiger partial charge in [0.1, 0.15) is 0 Å². The molecule has 3 amide bonds. The van der Waals surface area contributed by atoms with Crippen LogP contribution in [-0.4, -0.2) is 66.1 Å². The van der Waals surface area contributed by atoms with Crippen molar-refractivity contribution < 1.29 is 29.0 Å². The van der Waals surface area contributed by atoms with Gasteiger partial charge in [-0.15, -0.1) is 0 Å². The van der Waals surface area contributed by atoms with Gasteiger partial charge in [0.2, 0.25) is 5.91 Å². The zero-order chi connectivity index (χ0) is 35.1. The van der Waals surface area contributed by atoms with Gasteiger partial charge in [0.05, 0.1) is 48.7 Å². The highest BCUT2D eigenvalue weighted by atomic mass is 35.5. The average molecular weight is 710 g/mol.